The number of hydrogen-bond acceptors (Lipinski definition) is 1. The van der Waals surface area contributed by atoms with Gasteiger partial charge in [-0.15, -0.1) is 4.48 Å². The maximum Gasteiger partial charge on any atom is 0.0783 e. The van der Waals surface area contributed by atoms with E-state index in [9.17, 15) is 4.48 Å². The SMILES string of the molecule is CC(CCNF)CC[N+](C)(C)C. The Hall–Kier alpha value is -0.150. The van der Waals surface area contributed by atoms with Crippen LogP contribution in [0.5, 0.6) is 0 Å². The summed E-state index contributed by atoms with van der Waals surface area (Å²) in [6, 6.07) is 0. The molecule has 0 rings (SSSR count). The van der Waals surface area contributed by atoms with E-state index in [1.54, 1.807) is 5.54 Å². The molecular formula is C9H22FN2+. The normalized spacial score (nSPS) is 14.8. The molecule has 0 heterocycles. The van der Waals surface area contributed by atoms with Crippen LogP contribution < -0.4 is 5.54 Å². The number of halogens is 1. The second kappa shape index (κ2) is 5.49. The summed E-state index contributed by atoms with van der Waals surface area (Å²) in [5.74, 6) is 0.616. The number of nitrogens with one attached hydrogen (secondary N) is 1. The third-order valence-electron chi connectivity index (χ3n) is 2.02. The molecular weight excluding hydrogens is 155 g/mol. The lowest BCUT2D eigenvalue weighted by atomic mass is 10.0. The number of rotatable bonds is 6. The number of nitrogens with zero attached hydrogens (tertiary/aromatic N) is 1. The van der Waals surface area contributed by atoms with Gasteiger partial charge in [0.25, 0.3) is 0 Å². The van der Waals surface area contributed by atoms with Crippen LogP contribution in [0.4, 0.5) is 4.48 Å². The first-order valence-corrected chi connectivity index (χ1v) is 4.59. The molecule has 0 aromatic carbocycles. The molecule has 0 aliphatic heterocycles. The molecule has 0 aliphatic rings. The zero-order valence-electron chi connectivity index (χ0n) is 8.73. The highest BCUT2D eigenvalue weighted by atomic mass is 19.2. The Kier molecular flexibility index (Phi) is 5.42. The second-order valence-corrected chi connectivity index (χ2v) is 4.58. The summed E-state index contributed by atoms with van der Waals surface area (Å²) in [6.45, 7) is 3.82. The Morgan fingerprint density at radius 3 is 2.25 bits per heavy atom. The molecule has 1 N–H and O–H groups in total. The maximum atomic E-state index is 11.6. The largest absolute Gasteiger partial charge is 0.331 e. The lowest BCUT2D eigenvalue weighted by Crippen LogP contribution is -2.36. The Morgan fingerprint density at radius 2 is 1.83 bits per heavy atom. The van der Waals surface area contributed by atoms with Crippen LogP contribution in [-0.4, -0.2) is 38.7 Å². The summed E-state index contributed by atoms with van der Waals surface area (Å²) in [6.07, 6.45) is 2.10. The van der Waals surface area contributed by atoms with Crippen LogP contribution in [0.25, 0.3) is 0 Å². The molecule has 0 aromatic rings. The predicted molar refractivity (Wildman–Crippen MR) is 50.4 cm³/mol. The van der Waals surface area contributed by atoms with Crippen molar-refractivity contribution in [2.45, 2.75) is 19.8 Å². The molecule has 0 amide bonds. The molecule has 0 saturated carbocycles. The molecule has 0 aliphatic carbocycles. The van der Waals surface area contributed by atoms with E-state index in [2.05, 4.69) is 28.1 Å². The zero-order valence-corrected chi connectivity index (χ0v) is 8.73. The zero-order chi connectivity index (χ0) is 9.61. The van der Waals surface area contributed by atoms with Gasteiger partial charge >= 0.3 is 0 Å². The predicted octanol–water partition coefficient (Wildman–Crippen LogP) is 1.58. The Bertz CT molecular complexity index is 110. The summed E-state index contributed by atoms with van der Waals surface area (Å²) < 4.78 is 12.6. The van der Waals surface area contributed by atoms with Gasteiger partial charge in [-0.2, -0.15) is 5.54 Å². The van der Waals surface area contributed by atoms with Gasteiger partial charge in [0.1, 0.15) is 0 Å². The van der Waals surface area contributed by atoms with Crippen molar-refractivity contribution in [3.63, 3.8) is 0 Å². The Labute approximate surface area is 75.3 Å². The van der Waals surface area contributed by atoms with E-state index in [0.29, 0.717) is 12.5 Å². The number of quaternary nitrogens is 1. The minimum Gasteiger partial charge on any atom is -0.331 e. The molecule has 0 saturated heterocycles. The van der Waals surface area contributed by atoms with E-state index in [0.717, 1.165) is 17.4 Å². The van der Waals surface area contributed by atoms with Gasteiger partial charge in [0.15, 0.2) is 0 Å². The molecule has 12 heavy (non-hydrogen) atoms. The molecule has 0 aromatic heterocycles. The van der Waals surface area contributed by atoms with Crippen LogP contribution in [0, 0.1) is 5.92 Å². The van der Waals surface area contributed by atoms with E-state index >= 15 is 0 Å². The van der Waals surface area contributed by atoms with Crippen LogP contribution >= 0.6 is 0 Å². The van der Waals surface area contributed by atoms with Gasteiger partial charge in [0, 0.05) is 6.54 Å². The molecule has 0 radical (unpaired) electrons. The quantitative estimate of drug-likeness (QED) is 0.480. The standard InChI is InChI=1S/C9H22FN2/c1-9(5-7-11-10)6-8-12(2,3)4/h9,11H,5-8H2,1-4H3/q+1. The summed E-state index contributed by atoms with van der Waals surface area (Å²) in [5, 5.41) is 0. The molecule has 0 bridgehead atoms. The summed E-state index contributed by atoms with van der Waals surface area (Å²) in [7, 11) is 6.54. The van der Waals surface area contributed by atoms with Crippen LogP contribution in [0.2, 0.25) is 0 Å². The van der Waals surface area contributed by atoms with Gasteiger partial charge in [-0.05, 0) is 18.8 Å². The minimum atomic E-state index is 0.484. The first-order chi connectivity index (χ1) is 5.45. The number of hydrogen-bond donors (Lipinski definition) is 1. The summed E-state index contributed by atoms with van der Waals surface area (Å²) in [5.41, 5.74) is 1.69. The van der Waals surface area contributed by atoms with Crippen molar-refractivity contribution in [1.82, 2.24) is 5.54 Å². The van der Waals surface area contributed by atoms with Crippen molar-refractivity contribution < 1.29 is 8.96 Å². The van der Waals surface area contributed by atoms with E-state index in [-0.39, 0.29) is 0 Å². The van der Waals surface area contributed by atoms with E-state index < -0.39 is 0 Å². The van der Waals surface area contributed by atoms with Crippen molar-refractivity contribution in [2.24, 2.45) is 5.92 Å². The fourth-order valence-corrected chi connectivity index (χ4v) is 1.05. The molecule has 0 spiro atoms. The topological polar surface area (TPSA) is 12.0 Å². The van der Waals surface area contributed by atoms with E-state index in [4.69, 9.17) is 0 Å². The lowest BCUT2D eigenvalue weighted by Gasteiger charge is -2.25. The van der Waals surface area contributed by atoms with Gasteiger partial charge < -0.3 is 4.48 Å². The fraction of sp³-hybridized carbons (Fsp3) is 1.00. The molecule has 1 unspecified atom stereocenters. The average Bonchev–Trinajstić information content (AvgIpc) is 1.95. The van der Waals surface area contributed by atoms with Crippen molar-refractivity contribution in [1.29, 1.82) is 0 Å². The first kappa shape index (κ1) is 11.8. The summed E-state index contributed by atoms with van der Waals surface area (Å²) in [4.78, 5) is 0. The Balaban J connectivity index is 3.37. The van der Waals surface area contributed by atoms with Gasteiger partial charge in [-0.3, -0.25) is 0 Å². The molecule has 2 nitrogen and oxygen atoms in total. The second-order valence-electron chi connectivity index (χ2n) is 4.58. The highest BCUT2D eigenvalue weighted by molar-refractivity contribution is 4.52. The fourth-order valence-electron chi connectivity index (χ4n) is 1.05. The van der Waals surface area contributed by atoms with Gasteiger partial charge in [0.2, 0.25) is 0 Å². The van der Waals surface area contributed by atoms with Crippen LogP contribution in [-0.2, 0) is 0 Å². The molecule has 3 heteroatoms. The smallest absolute Gasteiger partial charge is 0.0783 e. The van der Waals surface area contributed by atoms with Gasteiger partial charge in [-0.25, -0.2) is 0 Å². The maximum absolute atomic E-state index is 11.6. The first-order valence-electron chi connectivity index (χ1n) is 4.59. The van der Waals surface area contributed by atoms with E-state index in [1.165, 1.54) is 6.42 Å². The van der Waals surface area contributed by atoms with Crippen LogP contribution in [0.1, 0.15) is 19.8 Å². The monoisotopic (exact) mass is 177 g/mol. The van der Waals surface area contributed by atoms with Crippen molar-refractivity contribution in [2.75, 3.05) is 34.2 Å². The van der Waals surface area contributed by atoms with Gasteiger partial charge in [-0.1, -0.05) is 6.92 Å². The molecule has 74 valence electrons. The highest BCUT2D eigenvalue weighted by Crippen LogP contribution is 2.08. The van der Waals surface area contributed by atoms with Gasteiger partial charge in [0.05, 0.1) is 27.7 Å². The lowest BCUT2D eigenvalue weighted by molar-refractivity contribution is -0.870. The third-order valence-corrected chi connectivity index (χ3v) is 2.02. The van der Waals surface area contributed by atoms with Crippen molar-refractivity contribution in [3.05, 3.63) is 0 Å². The van der Waals surface area contributed by atoms with Crippen molar-refractivity contribution >= 4 is 0 Å². The van der Waals surface area contributed by atoms with Crippen molar-refractivity contribution in [3.8, 4) is 0 Å². The highest BCUT2D eigenvalue weighted by Gasteiger charge is 2.09. The summed E-state index contributed by atoms with van der Waals surface area (Å²) >= 11 is 0. The Morgan fingerprint density at radius 1 is 1.25 bits per heavy atom. The third kappa shape index (κ3) is 7.95. The van der Waals surface area contributed by atoms with Crippen LogP contribution in [0.15, 0.2) is 0 Å². The van der Waals surface area contributed by atoms with E-state index in [1.807, 2.05) is 0 Å². The average molecular weight is 177 g/mol. The molecule has 1 atom stereocenters. The minimum absolute atomic E-state index is 0.484. The van der Waals surface area contributed by atoms with Crippen LogP contribution in [0.3, 0.4) is 0 Å². The molecule has 0 fully saturated rings.